The third kappa shape index (κ3) is 7.83. The molecule has 8 heterocycles. The van der Waals surface area contributed by atoms with Crippen LogP contribution in [0.4, 0.5) is 0 Å². The summed E-state index contributed by atoms with van der Waals surface area (Å²) in [5.41, 5.74) is 1.29. The van der Waals surface area contributed by atoms with Crippen LogP contribution in [0.2, 0.25) is 0 Å². The predicted molar refractivity (Wildman–Crippen MR) is 244 cm³/mol. The second-order valence-corrected chi connectivity index (χ2v) is 17.1. The Morgan fingerprint density at radius 3 is 1.44 bits per heavy atom. The Morgan fingerprint density at radius 1 is 0.614 bits per heavy atom. The van der Waals surface area contributed by atoms with E-state index in [0.29, 0.717) is 22.8 Å². The number of carbonyl (C=O) groups is 6. The monoisotopic (exact) mass is 952 g/mol. The minimum absolute atomic E-state index is 0.0623. The number of aromatic nitrogens is 4. The Morgan fingerprint density at radius 2 is 1.03 bits per heavy atom. The predicted octanol–water partition coefficient (Wildman–Crippen LogP) is 2.54. The van der Waals surface area contributed by atoms with Crippen molar-refractivity contribution in [2.24, 2.45) is 0 Å². The molecule has 0 unspecified atom stereocenters. The van der Waals surface area contributed by atoms with Crippen molar-refractivity contribution in [1.82, 2.24) is 29.7 Å². The number of cyclic esters (lactones) is 2. The number of amides is 2. The van der Waals surface area contributed by atoms with Gasteiger partial charge in [0.2, 0.25) is 23.0 Å². The SMILES string of the molecule is CC[C@@]1(OC(=O)CNC(=O)COCCOCC(=O)NCC(=O)O[C@]2(CC)C(=O)OCc3c2cc2n(c3=O)Cc3cc4ccccc4nc3-2)C(=O)OCc2c1cc1n(c2=O)Cc2cc3ccccc3nc2-1. The molecule has 20 nitrogen and oxygen atoms in total. The molecule has 0 bridgehead atoms. The fraction of sp³-hybridized carbons (Fsp3) is 0.320. The molecule has 4 aliphatic heterocycles. The average molecular weight is 953 g/mol. The summed E-state index contributed by atoms with van der Waals surface area (Å²) in [7, 11) is 0. The third-order valence-corrected chi connectivity index (χ3v) is 13.0. The molecule has 4 aromatic heterocycles. The van der Waals surface area contributed by atoms with Gasteiger partial charge in [0.25, 0.3) is 11.1 Å². The average Bonchev–Trinajstić information content (AvgIpc) is 3.91. The third-order valence-electron chi connectivity index (χ3n) is 13.0. The van der Waals surface area contributed by atoms with Crippen molar-refractivity contribution in [3.63, 3.8) is 0 Å². The first-order valence-corrected chi connectivity index (χ1v) is 22.6. The van der Waals surface area contributed by atoms with E-state index in [2.05, 4.69) is 10.6 Å². The molecule has 0 saturated heterocycles. The minimum Gasteiger partial charge on any atom is -0.457 e. The van der Waals surface area contributed by atoms with Gasteiger partial charge in [-0.15, -0.1) is 0 Å². The van der Waals surface area contributed by atoms with E-state index < -0.39 is 84.3 Å². The summed E-state index contributed by atoms with van der Waals surface area (Å²) in [5.74, 6) is -5.03. The Bertz CT molecular complexity index is 3140. The molecule has 358 valence electrons. The van der Waals surface area contributed by atoms with E-state index in [0.717, 1.165) is 32.9 Å². The van der Waals surface area contributed by atoms with Crippen LogP contribution in [-0.2, 0) is 94.7 Å². The van der Waals surface area contributed by atoms with E-state index in [4.69, 9.17) is 38.4 Å². The number of rotatable bonds is 15. The number of hydrogen-bond acceptors (Lipinski definition) is 16. The van der Waals surface area contributed by atoms with E-state index in [9.17, 15) is 38.4 Å². The van der Waals surface area contributed by atoms with Gasteiger partial charge in [-0.3, -0.25) is 28.8 Å². The molecule has 2 aromatic carbocycles. The number of hydrogen-bond donors (Lipinski definition) is 2. The standard InChI is InChI=1S/C50H44N6O14/c1-3-49(33-17-37-43-29(15-27-9-5-7-11-35(27)53-43)21-55(37)45(61)31(33)23-67-47(49)63)69-41(59)19-51-39(57)25-65-13-14-66-26-40(58)52-20-42(60)70-50(4-2)34-18-38-44-30(16-28-10-6-8-12-36(28)54-44)22-56(38)46(62)32(34)24-68-48(50)64/h5-12,15-18H,3-4,13-14,19-26H2,1-2H3,(H,51,57)(H,52,58)/t49-,50-/m0/s1. The van der Waals surface area contributed by atoms with Crippen molar-refractivity contribution < 1.29 is 57.2 Å². The number of nitrogens with one attached hydrogen (secondary N) is 2. The van der Waals surface area contributed by atoms with Crippen LogP contribution in [0.1, 0.15) is 60.1 Å². The van der Waals surface area contributed by atoms with Crippen LogP contribution in [0.5, 0.6) is 0 Å². The Hall–Kier alpha value is -8.10. The normalized spacial score (nSPS) is 18.1. The maximum atomic E-state index is 13.8. The Labute approximate surface area is 396 Å². The molecule has 4 aliphatic rings. The molecule has 6 aromatic rings. The number of para-hydroxylation sites is 2. The highest BCUT2D eigenvalue weighted by atomic mass is 16.6. The van der Waals surface area contributed by atoms with Crippen LogP contribution in [-0.4, -0.2) is 94.3 Å². The van der Waals surface area contributed by atoms with Gasteiger partial charge >= 0.3 is 23.9 Å². The zero-order valence-corrected chi connectivity index (χ0v) is 37.9. The lowest BCUT2D eigenvalue weighted by Crippen LogP contribution is -2.49. The van der Waals surface area contributed by atoms with Gasteiger partial charge in [-0.05, 0) is 49.2 Å². The zero-order valence-electron chi connectivity index (χ0n) is 37.9. The minimum atomic E-state index is -1.96. The molecule has 0 aliphatic carbocycles. The number of pyridine rings is 4. The molecule has 20 heteroatoms. The second kappa shape index (κ2) is 18.1. The highest BCUT2D eigenvalue weighted by Gasteiger charge is 2.52. The summed E-state index contributed by atoms with van der Waals surface area (Å²) in [5, 5.41) is 6.58. The summed E-state index contributed by atoms with van der Waals surface area (Å²) in [4.78, 5) is 115. The van der Waals surface area contributed by atoms with Gasteiger partial charge in [0.15, 0.2) is 0 Å². The lowest BCUT2D eigenvalue weighted by molar-refractivity contribution is -0.189. The molecule has 2 atom stereocenters. The number of carbonyl (C=O) groups excluding carboxylic acids is 6. The van der Waals surface area contributed by atoms with Crippen LogP contribution in [0.25, 0.3) is 44.6 Å². The van der Waals surface area contributed by atoms with Crippen molar-refractivity contribution in [2.45, 2.75) is 64.2 Å². The molecule has 10 rings (SSSR count). The van der Waals surface area contributed by atoms with Crippen LogP contribution in [0.15, 0.2) is 82.4 Å². The maximum absolute atomic E-state index is 13.8. The molecular formula is C50H44N6O14. The van der Waals surface area contributed by atoms with Crippen molar-refractivity contribution in [1.29, 1.82) is 0 Å². The fourth-order valence-electron chi connectivity index (χ4n) is 9.52. The second-order valence-electron chi connectivity index (χ2n) is 17.1. The van der Waals surface area contributed by atoms with Gasteiger partial charge in [0.05, 0.1) is 71.2 Å². The summed E-state index contributed by atoms with van der Waals surface area (Å²) >= 11 is 0. The number of fused-ring (bicyclic) bond motifs is 10. The fourth-order valence-corrected chi connectivity index (χ4v) is 9.52. The zero-order chi connectivity index (χ0) is 48.9. The van der Waals surface area contributed by atoms with E-state index in [1.165, 1.54) is 0 Å². The first kappa shape index (κ1) is 45.7. The molecule has 2 N–H and O–H groups in total. The lowest BCUT2D eigenvalue weighted by atomic mass is 9.85. The number of nitrogens with zero attached hydrogens (tertiary/aromatic N) is 4. The first-order chi connectivity index (χ1) is 33.8. The molecule has 70 heavy (non-hydrogen) atoms. The molecule has 0 radical (unpaired) electrons. The van der Waals surface area contributed by atoms with Gasteiger partial charge in [0.1, 0.15) is 39.5 Å². The van der Waals surface area contributed by atoms with Crippen LogP contribution in [0.3, 0.4) is 0 Å². The van der Waals surface area contributed by atoms with Crippen molar-refractivity contribution >= 4 is 57.5 Å². The van der Waals surface area contributed by atoms with E-state index in [-0.39, 0.29) is 74.6 Å². The number of benzene rings is 2. The van der Waals surface area contributed by atoms with Gasteiger partial charge in [0, 0.05) is 33.0 Å². The maximum Gasteiger partial charge on any atom is 0.355 e. The highest BCUT2D eigenvalue weighted by molar-refractivity contribution is 5.91. The summed E-state index contributed by atoms with van der Waals surface area (Å²) in [6.07, 6.45) is -0.125. The van der Waals surface area contributed by atoms with Gasteiger partial charge in [-0.25, -0.2) is 19.6 Å². The number of ether oxygens (including phenoxy) is 6. The molecule has 0 saturated carbocycles. The van der Waals surface area contributed by atoms with Crippen LogP contribution >= 0.6 is 0 Å². The highest BCUT2D eigenvalue weighted by Crippen LogP contribution is 2.43. The molecule has 0 spiro atoms. The molecule has 0 fully saturated rings. The van der Waals surface area contributed by atoms with Gasteiger partial charge in [-0.1, -0.05) is 50.2 Å². The van der Waals surface area contributed by atoms with E-state index in [1.54, 1.807) is 35.1 Å². The summed E-state index contributed by atoms with van der Waals surface area (Å²) in [6.45, 7) is 0.638. The quantitative estimate of drug-likeness (QED) is 0.0851. The topological polar surface area (TPSA) is 252 Å². The summed E-state index contributed by atoms with van der Waals surface area (Å²) < 4.78 is 36.0. The van der Waals surface area contributed by atoms with Crippen LogP contribution in [0, 0.1) is 0 Å². The van der Waals surface area contributed by atoms with Gasteiger partial charge < -0.3 is 48.2 Å². The van der Waals surface area contributed by atoms with Gasteiger partial charge in [-0.2, -0.15) is 0 Å². The Kier molecular flexibility index (Phi) is 11.8. The first-order valence-electron chi connectivity index (χ1n) is 22.6. The largest absolute Gasteiger partial charge is 0.457 e. The molecular weight excluding hydrogens is 909 g/mol. The molecule has 2 amide bonds. The number of esters is 4. The van der Waals surface area contributed by atoms with E-state index in [1.807, 2.05) is 60.7 Å². The summed E-state index contributed by atoms with van der Waals surface area (Å²) in [6, 6.07) is 22.3. The van der Waals surface area contributed by atoms with Crippen LogP contribution < -0.4 is 21.8 Å². The van der Waals surface area contributed by atoms with Crippen molar-refractivity contribution in [2.75, 3.05) is 39.5 Å². The smallest absolute Gasteiger partial charge is 0.355 e. The lowest BCUT2D eigenvalue weighted by Gasteiger charge is -2.35. The van der Waals surface area contributed by atoms with E-state index >= 15 is 0 Å². The Balaban J connectivity index is 0.684. The van der Waals surface area contributed by atoms with Crippen molar-refractivity contribution in [3.05, 3.63) is 127 Å². The van der Waals surface area contributed by atoms with Crippen molar-refractivity contribution in [3.8, 4) is 22.8 Å².